The first-order valence-electron chi connectivity index (χ1n) is 0.816. The molecule has 0 amide bonds. The molecular formula is C2H7LiO. The van der Waals surface area contributed by atoms with E-state index in [9.17, 15) is 0 Å². The zero-order valence-electron chi connectivity index (χ0n) is 2.41. The Balaban J connectivity index is 0. The second-order valence-electron chi connectivity index (χ2n) is 0.408. The van der Waals surface area contributed by atoms with Crippen molar-refractivity contribution in [2.75, 3.05) is 14.2 Å². The topological polar surface area (TPSA) is 9.23 Å². The van der Waals surface area contributed by atoms with Crippen LogP contribution in [0.15, 0.2) is 0 Å². The molecule has 0 bridgehead atoms. The Morgan fingerprint density at radius 2 is 1.25 bits per heavy atom. The first kappa shape index (κ1) is 8.82. The number of hydrogen-bond donors (Lipinski definition) is 0. The molecule has 0 aliphatic heterocycles. The quantitative estimate of drug-likeness (QED) is 0.342. The Labute approximate surface area is 38.5 Å². The van der Waals surface area contributed by atoms with Crippen LogP contribution in [0.4, 0.5) is 0 Å². The maximum atomic E-state index is 4.25. The van der Waals surface area contributed by atoms with Gasteiger partial charge in [0.05, 0.1) is 0 Å². The second kappa shape index (κ2) is 9.59. The second-order valence-corrected chi connectivity index (χ2v) is 0.408. The minimum atomic E-state index is 0. The van der Waals surface area contributed by atoms with Crippen molar-refractivity contribution in [2.24, 2.45) is 0 Å². The van der Waals surface area contributed by atoms with Crippen LogP contribution in [0, 0.1) is 0 Å². The van der Waals surface area contributed by atoms with Crippen molar-refractivity contribution >= 4 is 18.9 Å². The van der Waals surface area contributed by atoms with Gasteiger partial charge in [-0.05, 0) is 0 Å². The summed E-state index contributed by atoms with van der Waals surface area (Å²) in [5, 5.41) is 0. The summed E-state index contributed by atoms with van der Waals surface area (Å²) in [7, 11) is 3.25. The fourth-order valence-electron chi connectivity index (χ4n) is 0. The van der Waals surface area contributed by atoms with Crippen molar-refractivity contribution < 1.29 is 4.74 Å². The molecule has 1 nitrogen and oxygen atoms in total. The molecule has 0 aromatic carbocycles. The summed E-state index contributed by atoms with van der Waals surface area (Å²) in [6.45, 7) is 0. The van der Waals surface area contributed by atoms with Gasteiger partial charge in [-0.2, -0.15) is 0 Å². The molecule has 0 aromatic heterocycles. The predicted molar refractivity (Wildman–Crippen MR) is 20.1 cm³/mol. The SMILES string of the molecule is COC.[LiH]. The Bertz CT molecular complexity index is 6.00. The van der Waals surface area contributed by atoms with Crippen LogP contribution < -0.4 is 0 Å². The summed E-state index contributed by atoms with van der Waals surface area (Å²) in [6.07, 6.45) is 0. The summed E-state index contributed by atoms with van der Waals surface area (Å²) in [5.41, 5.74) is 0. The van der Waals surface area contributed by atoms with E-state index in [0.29, 0.717) is 0 Å². The predicted octanol–water partition coefficient (Wildman–Crippen LogP) is -0.386. The van der Waals surface area contributed by atoms with Gasteiger partial charge in [-0.1, -0.05) is 0 Å². The van der Waals surface area contributed by atoms with E-state index in [4.69, 9.17) is 0 Å². The standard InChI is InChI=1S/C2H6O.Li.H/c1-3-2;;/h1-2H3;;. The summed E-state index contributed by atoms with van der Waals surface area (Å²) < 4.78 is 4.25. The van der Waals surface area contributed by atoms with E-state index < -0.39 is 0 Å². The third-order valence-electron chi connectivity index (χ3n) is 0. The molecule has 4 heavy (non-hydrogen) atoms. The van der Waals surface area contributed by atoms with E-state index in [2.05, 4.69) is 4.74 Å². The van der Waals surface area contributed by atoms with E-state index in [1.165, 1.54) is 0 Å². The number of hydrogen-bond acceptors (Lipinski definition) is 1. The average molecular weight is 54.0 g/mol. The van der Waals surface area contributed by atoms with Crippen molar-refractivity contribution in [3.05, 3.63) is 0 Å². The van der Waals surface area contributed by atoms with Crippen molar-refractivity contribution in [3.8, 4) is 0 Å². The van der Waals surface area contributed by atoms with Gasteiger partial charge in [-0.15, -0.1) is 0 Å². The van der Waals surface area contributed by atoms with Crippen LogP contribution in [0.3, 0.4) is 0 Å². The summed E-state index contributed by atoms with van der Waals surface area (Å²) in [4.78, 5) is 0. The van der Waals surface area contributed by atoms with E-state index in [0.717, 1.165) is 0 Å². The molecule has 0 spiro atoms. The van der Waals surface area contributed by atoms with E-state index in [1.807, 2.05) is 0 Å². The molecule has 0 atom stereocenters. The molecule has 0 aliphatic carbocycles. The molecule has 0 saturated carbocycles. The van der Waals surface area contributed by atoms with Gasteiger partial charge >= 0.3 is 18.9 Å². The molecule has 0 rings (SSSR count). The van der Waals surface area contributed by atoms with Crippen molar-refractivity contribution in [1.82, 2.24) is 0 Å². The Morgan fingerprint density at radius 3 is 1.25 bits per heavy atom. The normalized spacial score (nSPS) is 4.50. The summed E-state index contributed by atoms with van der Waals surface area (Å²) in [5.74, 6) is 0. The fraction of sp³-hybridized carbons (Fsp3) is 1.00. The van der Waals surface area contributed by atoms with Gasteiger partial charge in [0.25, 0.3) is 0 Å². The zero-order chi connectivity index (χ0) is 2.71. The summed E-state index contributed by atoms with van der Waals surface area (Å²) in [6, 6.07) is 0. The third kappa shape index (κ3) is 20.0. The van der Waals surface area contributed by atoms with Gasteiger partial charge < -0.3 is 4.74 Å². The van der Waals surface area contributed by atoms with Crippen LogP contribution in [0.5, 0.6) is 0 Å². The average Bonchev–Trinajstić information content (AvgIpc) is 0.918. The van der Waals surface area contributed by atoms with Crippen molar-refractivity contribution in [2.45, 2.75) is 0 Å². The van der Waals surface area contributed by atoms with Crippen molar-refractivity contribution in [1.29, 1.82) is 0 Å². The van der Waals surface area contributed by atoms with Crippen molar-refractivity contribution in [3.63, 3.8) is 0 Å². The Morgan fingerprint density at radius 1 is 1.25 bits per heavy atom. The van der Waals surface area contributed by atoms with E-state index in [1.54, 1.807) is 14.2 Å². The van der Waals surface area contributed by atoms with Crippen LogP contribution in [-0.2, 0) is 4.74 Å². The molecule has 0 aliphatic rings. The van der Waals surface area contributed by atoms with Crippen LogP contribution in [-0.4, -0.2) is 33.1 Å². The van der Waals surface area contributed by atoms with E-state index >= 15 is 0 Å². The monoisotopic (exact) mass is 54.1 g/mol. The van der Waals surface area contributed by atoms with Gasteiger partial charge in [-0.3, -0.25) is 0 Å². The molecule has 0 unspecified atom stereocenters. The van der Waals surface area contributed by atoms with Crippen LogP contribution in [0.2, 0.25) is 0 Å². The van der Waals surface area contributed by atoms with E-state index in [-0.39, 0.29) is 18.9 Å². The first-order chi connectivity index (χ1) is 1.41. The fourth-order valence-corrected chi connectivity index (χ4v) is 0. The van der Waals surface area contributed by atoms with Crippen LogP contribution >= 0.6 is 0 Å². The molecule has 0 radical (unpaired) electrons. The van der Waals surface area contributed by atoms with Gasteiger partial charge in [0.2, 0.25) is 0 Å². The molecule has 0 aromatic rings. The molecule has 0 fully saturated rings. The number of rotatable bonds is 0. The number of methoxy groups -OCH3 is 1. The van der Waals surface area contributed by atoms with Gasteiger partial charge in [0.1, 0.15) is 0 Å². The molecule has 2 heteroatoms. The van der Waals surface area contributed by atoms with Crippen LogP contribution in [0.25, 0.3) is 0 Å². The Hall–Kier alpha value is 0.557. The molecular weight excluding hydrogens is 47.0 g/mol. The van der Waals surface area contributed by atoms with Gasteiger partial charge in [0.15, 0.2) is 0 Å². The summed E-state index contributed by atoms with van der Waals surface area (Å²) >= 11 is 0. The molecule has 0 saturated heterocycles. The van der Waals surface area contributed by atoms with Gasteiger partial charge in [0, 0.05) is 14.2 Å². The number of ether oxygens (including phenoxy) is 1. The Kier molecular flexibility index (Phi) is 21.1. The first-order valence-corrected chi connectivity index (χ1v) is 0.816. The zero-order valence-corrected chi connectivity index (χ0v) is 2.41. The molecule has 22 valence electrons. The maximum absolute atomic E-state index is 4.25. The molecule has 0 N–H and O–H groups in total. The van der Waals surface area contributed by atoms with Crippen LogP contribution in [0.1, 0.15) is 0 Å². The minimum absolute atomic E-state index is 0. The van der Waals surface area contributed by atoms with Gasteiger partial charge in [-0.25, -0.2) is 0 Å². The third-order valence-corrected chi connectivity index (χ3v) is 0. The molecule has 0 heterocycles.